The zero-order chi connectivity index (χ0) is 13.7. The first-order chi connectivity index (χ1) is 9.20. The van der Waals surface area contributed by atoms with E-state index in [0.29, 0.717) is 17.1 Å². The van der Waals surface area contributed by atoms with E-state index in [0.717, 1.165) is 18.8 Å². The molecule has 19 heavy (non-hydrogen) atoms. The average Bonchev–Trinajstić information content (AvgIpc) is 2.42. The molecule has 0 atom stereocenters. The Labute approximate surface area is 112 Å². The summed E-state index contributed by atoms with van der Waals surface area (Å²) in [6.45, 7) is 4.67. The van der Waals surface area contributed by atoms with Crippen LogP contribution in [0.15, 0.2) is 30.6 Å². The topological polar surface area (TPSA) is 49.8 Å². The molecular formula is C14H17FN4. The maximum absolute atomic E-state index is 13.4. The average molecular weight is 260 g/mol. The van der Waals surface area contributed by atoms with E-state index in [4.69, 9.17) is 0 Å². The summed E-state index contributed by atoms with van der Waals surface area (Å²) in [5.74, 6) is 1.17. The van der Waals surface area contributed by atoms with Crippen LogP contribution in [-0.4, -0.2) is 16.5 Å². The van der Waals surface area contributed by atoms with Crippen LogP contribution in [0.2, 0.25) is 0 Å². The Morgan fingerprint density at radius 3 is 2.79 bits per heavy atom. The van der Waals surface area contributed by atoms with Gasteiger partial charge in [-0.25, -0.2) is 14.4 Å². The lowest BCUT2D eigenvalue weighted by atomic mass is 10.2. The molecule has 0 aliphatic rings. The smallest absolute Gasteiger partial charge is 0.135 e. The minimum atomic E-state index is -0.233. The fraction of sp³-hybridized carbons (Fsp3) is 0.286. The third-order valence-electron chi connectivity index (χ3n) is 2.75. The standard InChI is InChI=1S/C14H17FN4/c1-3-7-16-13-8-14(18-9-17-13)19-12-6-4-5-11(15)10(12)2/h4-6,8-9H,3,7H2,1-2H3,(H2,16,17,18,19). The molecule has 0 spiro atoms. The summed E-state index contributed by atoms with van der Waals surface area (Å²) in [5.41, 5.74) is 1.28. The number of hydrogen-bond donors (Lipinski definition) is 2. The maximum atomic E-state index is 13.4. The molecule has 4 nitrogen and oxygen atoms in total. The van der Waals surface area contributed by atoms with Gasteiger partial charge in [0.2, 0.25) is 0 Å². The predicted octanol–water partition coefficient (Wildman–Crippen LogP) is 3.49. The Hall–Kier alpha value is -2.17. The zero-order valence-corrected chi connectivity index (χ0v) is 11.1. The van der Waals surface area contributed by atoms with Crippen molar-refractivity contribution < 1.29 is 4.39 Å². The quantitative estimate of drug-likeness (QED) is 0.864. The van der Waals surface area contributed by atoms with Crippen molar-refractivity contribution in [1.29, 1.82) is 0 Å². The summed E-state index contributed by atoms with van der Waals surface area (Å²) in [6.07, 6.45) is 2.50. The molecule has 0 bridgehead atoms. The SMILES string of the molecule is CCCNc1cc(Nc2cccc(F)c2C)ncn1. The lowest BCUT2D eigenvalue weighted by Gasteiger charge is -2.10. The molecule has 1 aromatic heterocycles. The van der Waals surface area contributed by atoms with Crippen molar-refractivity contribution in [3.05, 3.63) is 42.0 Å². The Morgan fingerprint density at radius 2 is 2.00 bits per heavy atom. The van der Waals surface area contributed by atoms with Crippen LogP contribution in [0.25, 0.3) is 0 Å². The molecular weight excluding hydrogens is 243 g/mol. The predicted molar refractivity (Wildman–Crippen MR) is 75.2 cm³/mol. The zero-order valence-electron chi connectivity index (χ0n) is 11.1. The Balaban J connectivity index is 2.16. The summed E-state index contributed by atoms with van der Waals surface area (Å²) in [5, 5.41) is 6.28. The minimum absolute atomic E-state index is 0.233. The number of halogens is 1. The summed E-state index contributed by atoms with van der Waals surface area (Å²) < 4.78 is 13.4. The Morgan fingerprint density at radius 1 is 1.21 bits per heavy atom. The van der Waals surface area contributed by atoms with E-state index in [1.54, 1.807) is 19.1 Å². The van der Waals surface area contributed by atoms with Crippen molar-refractivity contribution >= 4 is 17.3 Å². The molecule has 0 radical (unpaired) electrons. The maximum Gasteiger partial charge on any atom is 0.135 e. The van der Waals surface area contributed by atoms with Crippen molar-refractivity contribution in [2.24, 2.45) is 0 Å². The van der Waals surface area contributed by atoms with Crippen molar-refractivity contribution in [2.45, 2.75) is 20.3 Å². The number of hydrogen-bond acceptors (Lipinski definition) is 4. The number of rotatable bonds is 5. The molecule has 2 aromatic rings. The lowest BCUT2D eigenvalue weighted by Crippen LogP contribution is -2.04. The fourth-order valence-electron chi connectivity index (χ4n) is 1.66. The first kappa shape index (κ1) is 13.3. The van der Waals surface area contributed by atoms with Gasteiger partial charge in [0.05, 0.1) is 0 Å². The molecule has 0 fully saturated rings. The third kappa shape index (κ3) is 3.40. The second-order valence-corrected chi connectivity index (χ2v) is 4.25. The number of aromatic nitrogens is 2. The second-order valence-electron chi connectivity index (χ2n) is 4.25. The molecule has 2 N–H and O–H groups in total. The van der Waals surface area contributed by atoms with Gasteiger partial charge in [-0.05, 0) is 25.5 Å². The summed E-state index contributed by atoms with van der Waals surface area (Å²) in [7, 11) is 0. The van der Waals surface area contributed by atoms with Crippen LogP contribution in [0, 0.1) is 12.7 Å². The highest BCUT2D eigenvalue weighted by Crippen LogP contribution is 2.21. The highest BCUT2D eigenvalue weighted by atomic mass is 19.1. The van der Waals surface area contributed by atoms with Gasteiger partial charge < -0.3 is 10.6 Å². The Kier molecular flexibility index (Phi) is 4.28. The Bertz CT molecular complexity index is 557. The minimum Gasteiger partial charge on any atom is -0.370 e. The normalized spacial score (nSPS) is 10.3. The van der Waals surface area contributed by atoms with Crippen LogP contribution in [0.1, 0.15) is 18.9 Å². The van der Waals surface area contributed by atoms with Crippen molar-refractivity contribution in [2.75, 3.05) is 17.2 Å². The van der Waals surface area contributed by atoms with E-state index in [1.807, 2.05) is 6.07 Å². The molecule has 0 saturated heterocycles. The monoisotopic (exact) mass is 260 g/mol. The first-order valence-electron chi connectivity index (χ1n) is 6.28. The largest absolute Gasteiger partial charge is 0.370 e. The van der Waals surface area contributed by atoms with Gasteiger partial charge in [-0.15, -0.1) is 0 Å². The van der Waals surface area contributed by atoms with E-state index in [2.05, 4.69) is 27.5 Å². The molecule has 0 unspecified atom stereocenters. The molecule has 0 aliphatic carbocycles. The van der Waals surface area contributed by atoms with Gasteiger partial charge in [-0.1, -0.05) is 13.0 Å². The van der Waals surface area contributed by atoms with E-state index in [1.165, 1.54) is 12.4 Å². The highest BCUT2D eigenvalue weighted by Gasteiger charge is 2.05. The molecule has 0 aliphatic heterocycles. The van der Waals surface area contributed by atoms with Crippen LogP contribution < -0.4 is 10.6 Å². The lowest BCUT2D eigenvalue weighted by molar-refractivity contribution is 0.619. The van der Waals surface area contributed by atoms with Crippen molar-refractivity contribution in [3.8, 4) is 0 Å². The van der Waals surface area contributed by atoms with Crippen LogP contribution in [0.5, 0.6) is 0 Å². The molecule has 0 amide bonds. The first-order valence-corrected chi connectivity index (χ1v) is 6.28. The number of anilines is 3. The summed E-state index contributed by atoms with van der Waals surface area (Å²) in [4.78, 5) is 8.25. The van der Waals surface area contributed by atoms with E-state index >= 15 is 0 Å². The molecule has 2 rings (SSSR count). The number of benzene rings is 1. The molecule has 5 heteroatoms. The highest BCUT2D eigenvalue weighted by molar-refractivity contribution is 5.62. The van der Waals surface area contributed by atoms with Gasteiger partial charge >= 0.3 is 0 Å². The van der Waals surface area contributed by atoms with Crippen molar-refractivity contribution in [1.82, 2.24) is 9.97 Å². The number of nitrogens with one attached hydrogen (secondary N) is 2. The van der Waals surface area contributed by atoms with Crippen molar-refractivity contribution in [3.63, 3.8) is 0 Å². The van der Waals surface area contributed by atoms with E-state index in [-0.39, 0.29) is 5.82 Å². The van der Waals surface area contributed by atoms with Crippen LogP contribution in [-0.2, 0) is 0 Å². The van der Waals surface area contributed by atoms with Gasteiger partial charge in [-0.3, -0.25) is 0 Å². The van der Waals surface area contributed by atoms with Crippen LogP contribution in [0.3, 0.4) is 0 Å². The van der Waals surface area contributed by atoms with Crippen LogP contribution >= 0.6 is 0 Å². The van der Waals surface area contributed by atoms with E-state index in [9.17, 15) is 4.39 Å². The fourth-order valence-corrected chi connectivity index (χ4v) is 1.66. The van der Waals surface area contributed by atoms with Gasteiger partial charge in [0, 0.05) is 23.9 Å². The third-order valence-corrected chi connectivity index (χ3v) is 2.75. The molecule has 0 saturated carbocycles. The van der Waals surface area contributed by atoms with Gasteiger partial charge in [-0.2, -0.15) is 0 Å². The molecule has 1 heterocycles. The van der Waals surface area contributed by atoms with E-state index < -0.39 is 0 Å². The summed E-state index contributed by atoms with van der Waals surface area (Å²) >= 11 is 0. The van der Waals surface area contributed by atoms with Gasteiger partial charge in [0.1, 0.15) is 23.8 Å². The number of nitrogens with zero attached hydrogens (tertiary/aromatic N) is 2. The molecule has 1 aromatic carbocycles. The van der Waals surface area contributed by atoms with Gasteiger partial charge in [0.15, 0.2) is 0 Å². The molecule has 100 valence electrons. The second kappa shape index (κ2) is 6.13. The van der Waals surface area contributed by atoms with Crippen LogP contribution in [0.4, 0.5) is 21.7 Å². The van der Waals surface area contributed by atoms with Gasteiger partial charge in [0.25, 0.3) is 0 Å². The summed E-state index contributed by atoms with van der Waals surface area (Å²) in [6, 6.07) is 6.73.